The summed E-state index contributed by atoms with van der Waals surface area (Å²) in [4.78, 5) is 0. The van der Waals surface area contributed by atoms with Crippen molar-refractivity contribution in [3.63, 3.8) is 0 Å². The Morgan fingerprint density at radius 1 is 0.208 bits per heavy atom. The molecule has 0 aliphatic rings. The summed E-state index contributed by atoms with van der Waals surface area (Å²) in [7, 11) is 0. The molecule has 3 aromatic carbocycles. The van der Waals surface area contributed by atoms with E-state index < -0.39 is 0 Å². The van der Waals surface area contributed by atoms with Gasteiger partial charge in [0.05, 0.1) is 132 Å². The summed E-state index contributed by atoms with van der Waals surface area (Å²) in [6, 6.07) is 17.4. The first kappa shape index (κ1) is 62.3. The molecule has 0 heterocycles. The number of benzene rings is 3. The molecule has 0 radical (unpaired) electrons. The summed E-state index contributed by atoms with van der Waals surface area (Å²) >= 11 is 0. The average molecular weight is 1020 g/mol. The van der Waals surface area contributed by atoms with Crippen molar-refractivity contribution in [3.05, 3.63) is 71.3 Å². The topological polar surface area (TPSA) is 166 Å². The van der Waals surface area contributed by atoms with Crippen LogP contribution in [-0.4, -0.2) is 185 Å². The molecule has 410 valence electrons. The molecular weight excluding hydrogens is 937 g/mol. The minimum absolute atomic E-state index is 0.251. The molecule has 0 aliphatic heterocycles. The largest absolute Gasteiger partial charge is 0.491 e. The molecule has 18 nitrogen and oxygen atoms in total. The van der Waals surface area contributed by atoms with E-state index in [1.54, 1.807) is 0 Å². The summed E-state index contributed by atoms with van der Waals surface area (Å²) in [5.41, 5.74) is 2.77. The highest BCUT2D eigenvalue weighted by Crippen LogP contribution is 2.29. The molecule has 3 aromatic rings. The lowest BCUT2D eigenvalue weighted by atomic mass is 10.1. The minimum atomic E-state index is 0.251. The second-order valence-corrected chi connectivity index (χ2v) is 15.4. The zero-order chi connectivity index (χ0) is 51.2. The summed E-state index contributed by atoms with van der Waals surface area (Å²) in [6.07, 6.45) is 0.780. The van der Waals surface area contributed by atoms with E-state index in [1.807, 2.05) is 82.3 Å². The third-order valence-electron chi connectivity index (χ3n) is 9.82. The molecule has 0 bridgehead atoms. The smallest absolute Gasteiger partial charge is 0.123 e. The zero-order valence-electron chi connectivity index (χ0n) is 44.0. The Balaban J connectivity index is 1.61. The minimum Gasteiger partial charge on any atom is -0.491 e. The van der Waals surface area contributed by atoms with Crippen LogP contribution in [0.5, 0.6) is 34.5 Å². The quantitative estimate of drug-likeness (QED) is 0.0521. The molecule has 0 aromatic heterocycles. The second kappa shape index (κ2) is 44.5. The van der Waals surface area contributed by atoms with Gasteiger partial charge in [-0.2, -0.15) is 0 Å². The molecule has 0 amide bonds. The lowest BCUT2D eigenvalue weighted by Gasteiger charge is -2.16. The zero-order valence-corrected chi connectivity index (χ0v) is 44.0. The van der Waals surface area contributed by atoms with Gasteiger partial charge in [0.1, 0.15) is 74.1 Å². The van der Waals surface area contributed by atoms with Crippen LogP contribution in [0.2, 0.25) is 0 Å². The third kappa shape index (κ3) is 32.9. The lowest BCUT2D eigenvalue weighted by Crippen LogP contribution is -2.13. The Kier molecular flexibility index (Phi) is 38.5. The van der Waals surface area contributed by atoms with Gasteiger partial charge in [-0.1, -0.05) is 6.92 Å². The highest BCUT2D eigenvalue weighted by Gasteiger charge is 2.11. The molecule has 0 aliphatic carbocycles. The predicted molar refractivity (Wildman–Crippen MR) is 272 cm³/mol. The van der Waals surface area contributed by atoms with Crippen LogP contribution in [0.1, 0.15) is 51.3 Å². The molecule has 0 N–H and O–H groups in total. The number of rotatable bonds is 51. The molecule has 0 spiro atoms. The first-order valence-electron chi connectivity index (χ1n) is 25.7. The Morgan fingerprint density at radius 2 is 0.403 bits per heavy atom. The van der Waals surface area contributed by atoms with Gasteiger partial charge >= 0.3 is 0 Å². The highest BCUT2D eigenvalue weighted by atomic mass is 16.6. The molecular formula is C54H86O18. The van der Waals surface area contributed by atoms with E-state index in [1.165, 1.54) is 0 Å². The van der Waals surface area contributed by atoms with Crippen molar-refractivity contribution in [1.82, 2.24) is 0 Å². The molecule has 72 heavy (non-hydrogen) atoms. The van der Waals surface area contributed by atoms with E-state index in [-0.39, 0.29) is 13.2 Å². The first-order valence-corrected chi connectivity index (χ1v) is 25.7. The van der Waals surface area contributed by atoms with Crippen LogP contribution in [0, 0.1) is 0 Å². The fourth-order valence-corrected chi connectivity index (χ4v) is 6.31. The maximum absolute atomic E-state index is 6.41. The summed E-state index contributed by atoms with van der Waals surface area (Å²) in [5.74, 6) is 3.84. The number of ether oxygens (including phenoxy) is 18. The molecule has 3 rings (SSSR count). The Labute approximate surface area is 429 Å². The second-order valence-electron chi connectivity index (χ2n) is 15.4. The van der Waals surface area contributed by atoms with Crippen molar-refractivity contribution < 1.29 is 85.3 Å². The monoisotopic (exact) mass is 1020 g/mol. The SMILES string of the molecule is CCOCCOCCOCCOc1cc(COc2cc(CC)cc(OCc3cc(OCCOCCOCCOCC)cc(OCCOCCOCCOCC)c3)c2)cc(OCCOCCOCCOCC)c1. The molecule has 0 atom stereocenters. The van der Waals surface area contributed by atoms with E-state index in [9.17, 15) is 0 Å². The van der Waals surface area contributed by atoms with E-state index in [4.69, 9.17) is 85.3 Å². The normalized spacial score (nSPS) is 11.3. The number of aryl methyl sites for hydroxylation is 1. The molecule has 0 unspecified atom stereocenters. The Hall–Kier alpha value is -4.02. The van der Waals surface area contributed by atoms with Gasteiger partial charge in [-0.05, 0) is 87.2 Å². The van der Waals surface area contributed by atoms with Gasteiger partial charge in [0.25, 0.3) is 0 Å². The van der Waals surface area contributed by atoms with E-state index in [0.717, 1.165) is 23.1 Å². The molecule has 0 fully saturated rings. The number of hydrogen-bond donors (Lipinski definition) is 0. The first-order chi connectivity index (χ1) is 35.6. The summed E-state index contributed by atoms with van der Waals surface area (Å²) in [5, 5.41) is 0. The summed E-state index contributed by atoms with van der Waals surface area (Å²) in [6.45, 7) is 24.3. The van der Waals surface area contributed by atoms with Crippen molar-refractivity contribution in [3.8, 4) is 34.5 Å². The van der Waals surface area contributed by atoms with Gasteiger partial charge < -0.3 is 85.3 Å². The van der Waals surface area contributed by atoms with Crippen molar-refractivity contribution in [2.45, 2.75) is 54.3 Å². The predicted octanol–water partition coefficient (Wildman–Crippen LogP) is 7.20. The van der Waals surface area contributed by atoms with Crippen molar-refractivity contribution >= 4 is 0 Å². The lowest BCUT2D eigenvalue weighted by molar-refractivity contribution is 0.0109. The van der Waals surface area contributed by atoms with Gasteiger partial charge in [-0.25, -0.2) is 0 Å². The highest BCUT2D eigenvalue weighted by molar-refractivity contribution is 5.42. The van der Waals surface area contributed by atoms with Gasteiger partial charge in [0.15, 0.2) is 0 Å². The van der Waals surface area contributed by atoms with Crippen molar-refractivity contribution in [1.29, 1.82) is 0 Å². The fraction of sp³-hybridized carbons (Fsp3) is 0.667. The summed E-state index contributed by atoms with van der Waals surface area (Å²) < 4.78 is 103. The van der Waals surface area contributed by atoms with Crippen LogP contribution >= 0.6 is 0 Å². The van der Waals surface area contributed by atoms with E-state index in [2.05, 4.69) is 6.92 Å². The van der Waals surface area contributed by atoms with Gasteiger partial charge in [-0.15, -0.1) is 0 Å². The van der Waals surface area contributed by atoms with E-state index in [0.29, 0.717) is 219 Å². The maximum atomic E-state index is 6.41. The average Bonchev–Trinajstić information content (AvgIpc) is 3.39. The fourth-order valence-electron chi connectivity index (χ4n) is 6.31. The molecule has 18 heteroatoms. The standard InChI is InChI=1S/C54H86O18/c1-6-46-35-53(71-44-47-37-49(67-31-27-63-23-19-59-15-11-55-7-2)41-50(38-47)68-32-28-64-24-20-60-16-12-56-8-3)43-54(36-46)72-45-48-39-51(69-33-29-65-25-21-61-17-13-57-9-4)42-52(40-48)70-34-30-66-26-22-62-18-14-58-10-5/h35-43H,6-34,44-45H2,1-5H3. The number of hydrogen-bond acceptors (Lipinski definition) is 18. The van der Waals surface area contributed by atoms with Gasteiger partial charge in [0.2, 0.25) is 0 Å². The Bertz CT molecular complexity index is 1510. The van der Waals surface area contributed by atoms with Crippen LogP contribution < -0.4 is 28.4 Å². The Morgan fingerprint density at radius 3 is 0.625 bits per heavy atom. The van der Waals surface area contributed by atoms with Crippen LogP contribution in [0.3, 0.4) is 0 Å². The van der Waals surface area contributed by atoms with Crippen LogP contribution in [-0.2, 0) is 76.5 Å². The van der Waals surface area contributed by atoms with Gasteiger partial charge in [0, 0.05) is 44.6 Å². The molecule has 0 saturated carbocycles. The maximum Gasteiger partial charge on any atom is 0.123 e. The van der Waals surface area contributed by atoms with Gasteiger partial charge in [-0.3, -0.25) is 0 Å². The van der Waals surface area contributed by atoms with Crippen molar-refractivity contribution in [2.24, 2.45) is 0 Å². The van der Waals surface area contributed by atoms with Crippen molar-refractivity contribution in [2.75, 3.05) is 185 Å². The van der Waals surface area contributed by atoms with Crippen LogP contribution in [0.4, 0.5) is 0 Å². The molecule has 0 saturated heterocycles. The van der Waals surface area contributed by atoms with E-state index >= 15 is 0 Å². The third-order valence-corrected chi connectivity index (χ3v) is 9.82. The van der Waals surface area contributed by atoms with Crippen LogP contribution in [0.25, 0.3) is 0 Å². The van der Waals surface area contributed by atoms with Crippen LogP contribution in [0.15, 0.2) is 54.6 Å².